The van der Waals surface area contributed by atoms with Crippen LogP contribution in [0.15, 0.2) is 24.3 Å². The number of piperidine rings is 1. The van der Waals surface area contributed by atoms with Crippen LogP contribution in [0.3, 0.4) is 0 Å². The molecule has 4 heteroatoms. The Bertz CT molecular complexity index is 611. The van der Waals surface area contributed by atoms with Crippen molar-refractivity contribution < 1.29 is 4.79 Å². The first-order valence-corrected chi connectivity index (χ1v) is 7.50. The van der Waals surface area contributed by atoms with Crippen LogP contribution in [-0.4, -0.2) is 28.2 Å². The van der Waals surface area contributed by atoms with E-state index in [1.54, 1.807) is 0 Å². The first-order chi connectivity index (χ1) is 9.79. The molecule has 1 aromatic carbocycles. The van der Waals surface area contributed by atoms with Crippen LogP contribution in [0.25, 0.3) is 10.9 Å². The minimum Gasteiger partial charge on any atom is -0.307 e. The molecule has 3 rings (SSSR count). The summed E-state index contributed by atoms with van der Waals surface area (Å²) >= 11 is 0. The number of carbonyl (C=O) groups is 1. The minimum absolute atomic E-state index is 0.0225. The lowest BCUT2D eigenvalue weighted by Crippen LogP contribution is -2.41. The summed E-state index contributed by atoms with van der Waals surface area (Å²) in [5, 5.41) is 9.04. The van der Waals surface area contributed by atoms with Crippen LogP contribution in [0, 0.1) is 0 Å². The number of nitrogens with one attached hydrogen (secondary N) is 1. The molecule has 0 bridgehead atoms. The van der Waals surface area contributed by atoms with Crippen LogP contribution in [0.5, 0.6) is 0 Å². The third kappa shape index (κ3) is 2.48. The molecule has 1 aliphatic rings. The summed E-state index contributed by atoms with van der Waals surface area (Å²) in [6.45, 7) is 3.87. The Morgan fingerprint density at radius 1 is 1.40 bits per heavy atom. The SMILES string of the molecule is CCn1nc(CC(=O)C2CCCCN2)c2ccccc21. The van der Waals surface area contributed by atoms with Gasteiger partial charge in [0.2, 0.25) is 0 Å². The van der Waals surface area contributed by atoms with E-state index in [-0.39, 0.29) is 11.8 Å². The van der Waals surface area contributed by atoms with Gasteiger partial charge in [0.1, 0.15) is 0 Å². The number of fused-ring (bicyclic) bond motifs is 1. The topological polar surface area (TPSA) is 46.9 Å². The average molecular weight is 271 g/mol. The standard InChI is InChI=1S/C16H21N3O/c1-2-19-15-9-4-3-7-12(15)14(18-19)11-16(20)13-8-5-6-10-17-13/h3-4,7,9,13,17H,2,5-6,8,10-11H2,1H3. The first kappa shape index (κ1) is 13.3. The molecule has 1 saturated heterocycles. The van der Waals surface area contributed by atoms with E-state index in [0.717, 1.165) is 42.5 Å². The number of carbonyl (C=O) groups excluding carboxylic acids is 1. The molecule has 2 aromatic rings. The highest BCUT2D eigenvalue weighted by Gasteiger charge is 2.22. The summed E-state index contributed by atoms with van der Waals surface area (Å²) in [4.78, 5) is 12.4. The maximum absolute atomic E-state index is 12.4. The molecule has 0 saturated carbocycles. The van der Waals surface area contributed by atoms with Gasteiger partial charge in [0.15, 0.2) is 5.78 Å². The van der Waals surface area contributed by atoms with E-state index >= 15 is 0 Å². The van der Waals surface area contributed by atoms with E-state index in [2.05, 4.69) is 29.5 Å². The molecule has 1 unspecified atom stereocenters. The molecule has 20 heavy (non-hydrogen) atoms. The zero-order valence-electron chi connectivity index (χ0n) is 11.9. The molecule has 1 fully saturated rings. The molecule has 106 valence electrons. The molecule has 1 aromatic heterocycles. The Balaban J connectivity index is 1.85. The molecule has 1 atom stereocenters. The quantitative estimate of drug-likeness (QED) is 0.928. The molecular weight excluding hydrogens is 250 g/mol. The fraction of sp³-hybridized carbons (Fsp3) is 0.500. The van der Waals surface area contributed by atoms with Crippen LogP contribution < -0.4 is 5.32 Å². The van der Waals surface area contributed by atoms with Crippen molar-refractivity contribution in [3.63, 3.8) is 0 Å². The molecular formula is C16H21N3O. The number of hydrogen-bond acceptors (Lipinski definition) is 3. The smallest absolute Gasteiger partial charge is 0.155 e. The minimum atomic E-state index is 0.0225. The first-order valence-electron chi connectivity index (χ1n) is 7.50. The average Bonchev–Trinajstić information content (AvgIpc) is 2.86. The second-order valence-corrected chi connectivity index (χ2v) is 5.43. The number of hydrogen-bond donors (Lipinski definition) is 1. The van der Waals surface area contributed by atoms with E-state index < -0.39 is 0 Å². The molecule has 1 N–H and O–H groups in total. The fourth-order valence-corrected chi connectivity index (χ4v) is 2.98. The number of ketones is 1. The predicted octanol–water partition coefficient (Wildman–Crippen LogP) is 2.31. The summed E-state index contributed by atoms with van der Waals surface area (Å²) in [5.41, 5.74) is 2.04. The molecule has 0 aliphatic carbocycles. The number of Topliss-reactive ketones (excluding diaryl/α,β-unsaturated/α-hetero) is 1. The predicted molar refractivity (Wildman–Crippen MR) is 79.8 cm³/mol. The largest absolute Gasteiger partial charge is 0.307 e. The summed E-state index contributed by atoms with van der Waals surface area (Å²) in [5.74, 6) is 0.274. The van der Waals surface area contributed by atoms with Crippen LogP contribution in [0.1, 0.15) is 31.9 Å². The summed E-state index contributed by atoms with van der Waals surface area (Å²) in [7, 11) is 0. The Morgan fingerprint density at radius 2 is 2.25 bits per heavy atom. The van der Waals surface area contributed by atoms with Crippen molar-refractivity contribution in [1.29, 1.82) is 0 Å². The molecule has 0 amide bonds. The molecule has 1 aliphatic heterocycles. The van der Waals surface area contributed by atoms with Crippen molar-refractivity contribution >= 4 is 16.7 Å². The van der Waals surface area contributed by atoms with Gasteiger partial charge in [0, 0.05) is 11.9 Å². The van der Waals surface area contributed by atoms with Gasteiger partial charge >= 0.3 is 0 Å². The number of aryl methyl sites for hydroxylation is 1. The van der Waals surface area contributed by atoms with E-state index in [1.807, 2.05) is 16.8 Å². The Hall–Kier alpha value is -1.68. The lowest BCUT2D eigenvalue weighted by molar-refractivity contribution is -0.120. The van der Waals surface area contributed by atoms with E-state index in [1.165, 1.54) is 6.42 Å². The van der Waals surface area contributed by atoms with Gasteiger partial charge in [-0.15, -0.1) is 0 Å². The third-order valence-corrected chi connectivity index (χ3v) is 4.07. The highest BCUT2D eigenvalue weighted by Crippen LogP contribution is 2.20. The molecule has 4 nitrogen and oxygen atoms in total. The van der Waals surface area contributed by atoms with Crippen LogP contribution in [-0.2, 0) is 17.8 Å². The molecule has 0 spiro atoms. The van der Waals surface area contributed by atoms with Crippen molar-refractivity contribution in [3.05, 3.63) is 30.0 Å². The zero-order valence-corrected chi connectivity index (χ0v) is 11.9. The van der Waals surface area contributed by atoms with Gasteiger partial charge in [0.05, 0.1) is 23.7 Å². The fourth-order valence-electron chi connectivity index (χ4n) is 2.98. The van der Waals surface area contributed by atoms with Gasteiger partial charge in [-0.3, -0.25) is 9.48 Å². The van der Waals surface area contributed by atoms with Crippen LogP contribution >= 0.6 is 0 Å². The monoisotopic (exact) mass is 271 g/mol. The number of benzene rings is 1. The van der Waals surface area contributed by atoms with Crippen molar-refractivity contribution in [2.45, 2.75) is 45.2 Å². The van der Waals surface area contributed by atoms with Crippen molar-refractivity contribution in [2.24, 2.45) is 0 Å². The van der Waals surface area contributed by atoms with Gasteiger partial charge < -0.3 is 5.32 Å². The van der Waals surface area contributed by atoms with Crippen LogP contribution in [0.4, 0.5) is 0 Å². The maximum Gasteiger partial charge on any atom is 0.155 e. The lowest BCUT2D eigenvalue weighted by Gasteiger charge is -2.21. The molecule has 0 radical (unpaired) electrons. The van der Waals surface area contributed by atoms with Gasteiger partial charge in [-0.05, 0) is 32.4 Å². The number of aromatic nitrogens is 2. The van der Waals surface area contributed by atoms with Crippen molar-refractivity contribution in [1.82, 2.24) is 15.1 Å². The van der Waals surface area contributed by atoms with Gasteiger partial charge in [-0.1, -0.05) is 24.6 Å². The molecule has 2 heterocycles. The number of nitrogens with zero attached hydrogens (tertiary/aromatic N) is 2. The summed E-state index contributed by atoms with van der Waals surface area (Å²) < 4.78 is 1.98. The van der Waals surface area contributed by atoms with Crippen LogP contribution in [0.2, 0.25) is 0 Å². The normalized spacial score (nSPS) is 19.4. The lowest BCUT2D eigenvalue weighted by atomic mass is 9.98. The second-order valence-electron chi connectivity index (χ2n) is 5.43. The Labute approximate surface area is 119 Å². The van der Waals surface area contributed by atoms with Gasteiger partial charge in [-0.2, -0.15) is 5.10 Å². The summed E-state index contributed by atoms with van der Waals surface area (Å²) in [6.07, 6.45) is 3.72. The van der Waals surface area contributed by atoms with Gasteiger partial charge in [-0.25, -0.2) is 0 Å². The van der Waals surface area contributed by atoms with Crippen molar-refractivity contribution in [3.8, 4) is 0 Å². The number of para-hydroxylation sites is 1. The van der Waals surface area contributed by atoms with E-state index in [9.17, 15) is 4.79 Å². The highest BCUT2D eigenvalue weighted by molar-refractivity contribution is 5.91. The second kappa shape index (κ2) is 5.75. The van der Waals surface area contributed by atoms with E-state index in [4.69, 9.17) is 0 Å². The zero-order chi connectivity index (χ0) is 13.9. The maximum atomic E-state index is 12.4. The summed E-state index contributed by atoms with van der Waals surface area (Å²) in [6, 6.07) is 8.18. The van der Waals surface area contributed by atoms with Gasteiger partial charge in [0.25, 0.3) is 0 Å². The Kier molecular flexibility index (Phi) is 3.83. The highest BCUT2D eigenvalue weighted by atomic mass is 16.1. The third-order valence-electron chi connectivity index (χ3n) is 4.07. The van der Waals surface area contributed by atoms with E-state index in [0.29, 0.717) is 6.42 Å². The Morgan fingerprint density at radius 3 is 3.00 bits per heavy atom. The van der Waals surface area contributed by atoms with Crippen molar-refractivity contribution in [2.75, 3.05) is 6.54 Å². The number of rotatable bonds is 4.